The molecule has 0 amide bonds. The van der Waals surface area contributed by atoms with Crippen LogP contribution in [0.4, 0.5) is 0 Å². The van der Waals surface area contributed by atoms with Gasteiger partial charge in [-0.05, 0) is 31.3 Å². The van der Waals surface area contributed by atoms with Crippen LogP contribution in [0.15, 0.2) is 34.9 Å². The SMILES string of the molecule is CNCCc1ncc(-c2ccc(OC)cc2)o1. The smallest absolute Gasteiger partial charge is 0.196 e. The number of rotatable bonds is 5. The van der Waals surface area contributed by atoms with E-state index in [9.17, 15) is 0 Å². The van der Waals surface area contributed by atoms with Gasteiger partial charge in [0.2, 0.25) is 0 Å². The summed E-state index contributed by atoms with van der Waals surface area (Å²) in [6.45, 7) is 0.864. The molecule has 0 bridgehead atoms. The molecule has 2 aromatic rings. The molecule has 1 heterocycles. The Morgan fingerprint density at radius 1 is 1.29 bits per heavy atom. The number of likely N-dealkylation sites (N-methyl/N-ethyl adjacent to an activating group) is 1. The Bertz CT molecular complexity index is 463. The molecule has 1 aromatic carbocycles. The Morgan fingerprint density at radius 3 is 2.71 bits per heavy atom. The van der Waals surface area contributed by atoms with E-state index >= 15 is 0 Å². The number of benzene rings is 1. The van der Waals surface area contributed by atoms with Crippen molar-refractivity contribution in [1.82, 2.24) is 10.3 Å². The Morgan fingerprint density at radius 2 is 2.06 bits per heavy atom. The van der Waals surface area contributed by atoms with Gasteiger partial charge >= 0.3 is 0 Å². The number of hydrogen-bond acceptors (Lipinski definition) is 4. The first kappa shape index (κ1) is 11.7. The molecule has 4 heteroatoms. The third-order valence-corrected chi connectivity index (χ3v) is 2.52. The fraction of sp³-hybridized carbons (Fsp3) is 0.308. The summed E-state index contributed by atoms with van der Waals surface area (Å²) in [5, 5.41) is 3.06. The molecule has 90 valence electrons. The third-order valence-electron chi connectivity index (χ3n) is 2.52. The fourth-order valence-corrected chi connectivity index (χ4v) is 1.55. The molecule has 0 atom stereocenters. The Hall–Kier alpha value is -1.81. The van der Waals surface area contributed by atoms with Crippen molar-refractivity contribution < 1.29 is 9.15 Å². The molecule has 0 saturated carbocycles. The lowest BCUT2D eigenvalue weighted by atomic mass is 10.2. The van der Waals surface area contributed by atoms with Crippen LogP contribution in [0, 0.1) is 0 Å². The molecular formula is C13H16N2O2. The van der Waals surface area contributed by atoms with Crippen LogP contribution < -0.4 is 10.1 Å². The lowest BCUT2D eigenvalue weighted by Crippen LogP contribution is -2.10. The largest absolute Gasteiger partial charge is 0.497 e. The summed E-state index contributed by atoms with van der Waals surface area (Å²) in [4.78, 5) is 4.23. The zero-order valence-corrected chi connectivity index (χ0v) is 10.1. The standard InChI is InChI=1S/C13H16N2O2/c1-14-8-7-13-15-9-12(17-13)10-3-5-11(16-2)6-4-10/h3-6,9,14H,7-8H2,1-2H3. The van der Waals surface area contributed by atoms with E-state index in [0.29, 0.717) is 0 Å². The van der Waals surface area contributed by atoms with Gasteiger partial charge in [0.05, 0.1) is 13.3 Å². The molecule has 0 aliphatic heterocycles. The van der Waals surface area contributed by atoms with Gasteiger partial charge < -0.3 is 14.5 Å². The minimum absolute atomic E-state index is 0.755. The molecule has 4 nitrogen and oxygen atoms in total. The minimum Gasteiger partial charge on any atom is -0.497 e. The summed E-state index contributed by atoms with van der Waals surface area (Å²) in [6.07, 6.45) is 2.56. The van der Waals surface area contributed by atoms with Gasteiger partial charge in [0, 0.05) is 18.5 Å². The summed E-state index contributed by atoms with van der Waals surface area (Å²) in [5.74, 6) is 2.38. The molecule has 0 spiro atoms. The van der Waals surface area contributed by atoms with Gasteiger partial charge in [-0.1, -0.05) is 0 Å². The number of ether oxygens (including phenoxy) is 1. The highest BCUT2D eigenvalue weighted by Gasteiger charge is 2.05. The first-order valence-corrected chi connectivity index (χ1v) is 5.57. The number of oxazole rings is 1. The maximum Gasteiger partial charge on any atom is 0.196 e. The second-order valence-electron chi connectivity index (χ2n) is 3.70. The van der Waals surface area contributed by atoms with Gasteiger partial charge in [-0.2, -0.15) is 0 Å². The fourth-order valence-electron chi connectivity index (χ4n) is 1.55. The van der Waals surface area contributed by atoms with Crippen molar-refractivity contribution in [3.63, 3.8) is 0 Å². The van der Waals surface area contributed by atoms with E-state index in [0.717, 1.165) is 35.9 Å². The van der Waals surface area contributed by atoms with E-state index in [1.54, 1.807) is 13.3 Å². The topological polar surface area (TPSA) is 47.3 Å². The minimum atomic E-state index is 0.755. The van der Waals surface area contributed by atoms with Crippen molar-refractivity contribution in [2.24, 2.45) is 0 Å². The van der Waals surface area contributed by atoms with Gasteiger partial charge in [-0.15, -0.1) is 0 Å². The summed E-state index contributed by atoms with van der Waals surface area (Å²) in [7, 11) is 3.56. The van der Waals surface area contributed by atoms with Crippen molar-refractivity contribution in [3.8, 4) is 17.1 Å². The van der Waals surface area contributed by atoms with Crippen molar-refractivity contribution in [3.05, 3.63) is 36.4 Å². The Kier molecular flexibility index (Phi) is 3.77. The van der Waals surface area contributed by atoms with Crippen LogP contribution in [0.5, 0.6) is 5.75 Å². The van der Waals surface area contributed by atoms with Crippen LogP contribution in [-0.2, 0) is 6.42 Å². The molecule has 0 radical (unpaired) electrons. The van der Waals surface area contributed by atoms with Crippen LogP contribution in [0.25, 0.3) is 11.3 Å². The van der Waals surface area contributed by atoms with Gasteiger partial charge in [0.1, 0.15) is 5.75 Å². The van der Waals surface area contributed by atoms with E-state index < -0.39 is 0 Å². The molecule has 0 fully saturated rings. The zero-order chi connectivity index (χ0) is 12.1. The molecule has 0 saturated heterocycles. The zero-order valence-electron chi connectivity index (χ0n) is 10.1. The van der Waals surface area contributed by atoms with E-state index in [-0.39, 0.29) is 0 Å². The monoisotopic (exact) mass is 232 g/mol. The van der Waals surface area contributed by atoms with Crippen LogP contribution in [0.2, 0.25) is 0 Å². The van der Waals surface area contributed by atoms with Gasteiger partial charge in [0.15, 0.2) is 11.7 Å². The quantitative estimate of drug-likeness (QED) is 0.857. The average Bonchev–Trinajstić information content (AvgIpc) is 2.85. The normalized spacial score (nSPS) is 10.5. The average molecular weight is 232 g/mol. The second-order valence-corrected chi connectivity index (χ2v) is 3.70. The molecule has 1 aromatic heterocycles. The van der Waals surface area contributed by atoms with E-state index in [1.807, 2.05) is 31.3 Å². The predicted molar refractivity (Wildman–Crippen MR) is 66.1 cm³/mol. The molecule has 0 aliphatic carbocycles. The first-order chi connectivity index (χ1) is 8.33. The molecular weight excluding hydrogens is 216 g/mol. The van der Waals surface area contributed by atoms with Crippen LogP contribution in [-0.4, -0.2) is 25.7 Å². The van der Waals surface area contributed by atoms with Crippen molar-refractivity contribution in [1.29, 1.82) is 0 Å². The van der Waals surface area contributed by atoms with Crippen LogP contribution >= 0.6 is 0 Å². The highest BCUT2D eigenvalue weighted by molar-refractivity contribution is 5.57. The summed E-state index contributed by atoms with van der Waals surface area (Å²) < 4.78 is 10.8. The number of hydrogen-bond donors (Lipinski definition) is 1. The van der Waals surface area contributed by atoms with E-state index in [4.69, 9.17) is 9.15 Å². The lowest BCUT2D eigenvalue weighted by molar-refractivity contribution is 0.415. The molecule has 17 heavy (non-hydrogen) atoms. The summed E-state index contributed by atoms with van der Waals surface area (Å²) in [6, 6.07) is 7.73. The maximum atomic E-state index is 5.65. The van der Waals surface area contributed by atoms with Crippen LogP contribution in [0.1, 0.15) is 5.89 Å². The Labute approximate surface area is 101 Å². The van der Waals surface area contributed by atoms with Gasteiger partial charge in [-0.3, -0.25) is 0 Å². The summed E-state index contributed by atoms with van der Waals surface area (Å²) >= 11 is 0. The molecule has 0 aliphatic rings. The van der Waals surface area contributed by atoms with Crippen molar-refractivity contribution >= 4 is 0 Å². The van der Waals surface area contributed by atoms with Crippen molar-refractivity contribution in [2.75, 3.05) is 20.7 Å². The van der Waals surface area contributed by atoms with Crippen molar-refractivity contribution in [2.45, 2.75) is 6.42 Å². The van der Waals surface area contributed by atoms with Crippen LogP contribution in [0.3, 0.4) is 0 Å². The van der Waals surface area contributed by atoms with E-state index in [2.05, 4.69) is 10.3 Å². The Balaban J connectivity index is 2.12. The number of methoxy groups -OCH3 is 1. The number of nitrogens with zero attached hydrogens (tertiary/aromatic N) is 1. The van der Waals surface area contributed by atoms with E-state index in [1.165, 1.54) is 0 Å². The molecule has 0 unspecified atom stereocenters. The van der Waals surface area contributed by atoms with Gasteiger partial charge in [0.25, 0.3) is 0 Å². The maximum absolute atomic E-state index is 5.65. The molecule has 2 rings (SSSR count). The highest BCUT2D eigenvalue weighted by Crippen LogP contribution is 2.23. The summed E-state index contributed by atoms with van der Waals surface area (Å²) in [5.41, 5.74) is 1.01. The first-order valence-electron chi connectivity index (χ1n) is 5.57. The predicted octanol–water partition coefficient (Wildman–Crippen LogP) is 2.11. The lowest BCUT2D eigenvalue weighted by Gasteiger charge is -2.00. The molecule has 1 N–H and O–H groups in total. The second kappa shape index (κ2) is 5.50. The third kappa shape index (κ3) is 2.85. The highest BCUT2D eigenvalue weighted by atomic mass is 16.5. The number of aromatic nitrogens is 1. The number of nitrogens with one attached hydrogen (secondary N) is 1. The van der Waals surface area contributed by atoms with Gasteiger partial charge in [-0.25, -0.2) is 4.98 Å².